The van der Waals surface area contributed by atoms with Gasteiger partial charge in [-0.15, -0.1) is 0 Å². The van der Waals surface area contributed by atoms with Crippen LogP contribution in [0.25, 0.3) is 0 Å². The molecule has 19 heavy (non-hydrogen) atoms. The molecule has 0 saturated carbocycles. The van der Waals surface area contributed by atoms with Crippen LogP contribution in [0.2, 0.25) is 0 Å². The lowest BCUT2D eigenvalue weighted by Gasteiger charge is -2.24. The number of halogens is 7. The average molecular weight is 293 g/mol. The first-order valence-corrected chi connectivity index (χ1v) is 5.05. The maximum atomic E-state index is 12.7. The third-order valence-electron chi connectivity index (χ3n) is 2.13. The molecule has 0 heterocycles. The summed E-state index contributed by atoms with van der Waals surface area (Å²) in [7, 11) is 0. The zero-order valence-corrected chi connectivity index (χ0v) is 9.92. The normalized spacial score (nSPS) is 12.7. The van der Waals surface area contributed by atoms with Crippen molar-refractivity contribution in [2.45, 2.75) is 31.9 Å². The Morgan fingerprint density at radius 3 is 1.74 bits per heavy atom. The Balaban J connectivity index is 5.24. The van der Waals surface area contributed by atoms with Crippen LogP contribution >= 0.6 is 0 Å². The molecule has 0 saturated heterocycles. The summed E-state index contributed by atoms with van der Waals surface area (Å²) in [4.78, 5) is 12.0. The summed E-state index contributed by atoms with van der Waals surface area (Å²) >= 11 is 0. The van der Waals surface area contributed by atoms with Crippen LogP contribution in [0.1, 0.15) is 13.8 Å². The fourth-order valence-corrected chi connectivity index (χ4v) is 0.978. The first-order chi connectivity index (χ1) is 8.40. The van der Waals surface area contributed by atoms with Gasteiger partial charge in [0, 0.05) is 19.0 Å². The molecule has 0 spiro atoms. The molecule has 1 amide bonds. The number of nitrogens with zero attached hydrogens (tertiary/aromatic N) is 1. The molecule has 0 atom stereocenters. The summed E-state index contributed by atoms with van der Waals surface area (Å²) in [5, 5.41) is 0. The topological polar surface area (TPSA) is 20.3 Å². The molecule has 110 valence electrons. The third kappa shape index (κ3) is 3.75. The molecule has 0 rings (SSSR count). The van der Waals surface area contributed by atoms with Crippen molar-refractivity contribution in [2.75, 3.05) is 13.1 Å². The monoisotopic (exact) mass is 293 g/mol. The smallest absolute Gasteiger partial charge is 0.332 e. The first-order valence-electron chi connectivity index (χ1n) is 5.05. The van der Waals surface area contributed by atoms with Gasteiger partial charge in [0.15, 0.2) is 0 Å². The van der Waals surface area contributed by atoms with Gasteiger partial charge in [-0.25, -0.2) is 0 Å². The Labute approximate surface area is 104 Å². The van der Waals surface area contributed by atoms with Crippen LogP contribution in [0.15, 0.2) is 0 Å². The predicted molar refractivity (Wildman–Crippen MR) is 51.7 cm³/mol. The quantitative estimate of drug-likeness (QED) is 0.579. The van der Waals surface area contributed by atoms with E-state index in [0.717, 1.165) is 10.8 Å². The van der Waals surface area contributed by atoms with Crippen LogP contribution in [0.5, 0.6) is 0 Å². The summed E-state index contributed by atoms with van der Waals surface area (Å²) in [5.74, 6) is -11.7. The van der Waals surface area contributed by atoms with Gasteiger partial charge in [0.2, 0.25) is 0 Å². The molecule has 0 aromatic heterocycles. The Morgan fingerprint density at radius 1 is 1.00 bits per heavy atom. The van der Waals surface area contributed by atoms with Crippen LogP contribution in [-0.4, -0.2) is 41.9 Å². The van der Waals surface area contributed by atoms with Gasteiger partial charge in [0.05, 0.1) is 0 Å². The maximum absolute atomic E-state index is 12.7. The SMILES string of the molecule is CCN(CC)C(=O)C#CC(F)(F)C(F)(F)C(F)(F)F. The van der Waals surface area contributed by atoms with Crippen LogP contribution in [0.4, 0.5) is 30.7 Å². The molecule has 0 aliphatic carbocycles. The minimum atomic E-state index is -6.45. The van der Waals surface area contributed by atoms with Crippen molar-refractivity contribution in [3.8, 4) is 11.8 Å². The van der Waals surface area contributed by atoms with Crippen molar-refractivity contribution < 1.29 is 35.5 Å². The average Bonchev–Trinajstić information content (AvgIpc) is 2.26. The second-order valence-electron chi connectivity index (χ2n) is 3.37. The maximum Gasteiger partial charge on any atom is 0.461 e. The fraction of sp³-hybridized carbons (Fsp3) is 0.700. The molecular formula is C10H10F7NO. The number of carbonyl (C=O) groups excluding carboxylic acids is 1. The van der Waals surface area contributed by atoms with Crippen LogP contribution < -0.4 is 0 Å². The fourth-order valence-electron chi connectivity index (χ4n) is 0.978. The van der Waals surface area contributed by atoms with Gasteiger partial charge in [-0.3, -0.25) is 4.79 Å². The van der Waals surface area contributed by atoms with E-state index in [4.69, 9.17) is 0 Å². The molecule has 0 fully saturated rings. The third-order valence-corrected chi connectivity index (χ3v) is 2.13. The molecule has 0 bridgehead atoms. The Hall–Kier alpha value is -1.46. The molecule has 0 aliphatic heterocycles. The number of hydrogen-bond acceptors (Lipinski definition) is 1. The minimum Gasteiger partial charge on any atom is -0.332 e. The van der Waals surface area contributed by atoms with E-state index in [2.05, 4.69) is 0 Å². The lowest BCUT2D eigenvalue weighted by atomic mass is 10.1. The van der Waals surface area contributed by atoms with E-state index in [-0.39, 0.29) is 13.1 Å². The van der Waals surface area contributed by atoms with E-state index < -0.39 is 23.9 Å². The standard InChI is InChI=1S/C10H10F7NO/c1-3-18(4-2)7(19)5-6-8(11,12)9(13,14)10(15,16)17/h3-4H2,1-2H3. The van der Waals surface area contributed by atoms with Gasteiger partial charge in [-0.2, -0.15) is 30.7 Å². The zero-order chi connectivity index (χ0) is 15.5. The van der Waals surface area contributed by atoms with Crippen molar-refractivity contribution in [3.63, 3.8) is 0 Å². The van der Waals surface area contributed by atoms with Gasteiger partial charge < -0.3 is 4.90 Å². The molecule has 0 aliphatic rings. The van der Waals surface area contributed by atoms with Crippen LogP contribution in [0.3, 0.4) is 0 Å². The van der Waals surface area contributed by atoms with Crippen LogP contribution in [0, 0.1) is 11.8 Å². The molecule has 9 heteroatoms. The largest absolute Gasteiger partial charge is 0.461 e. The molecule has 0 aromatic carbocycles. The lowest BCUT2D eigenvalue weighted by molar-refractivity contribution is -0.339. The molecule has 0 unspecified atom stereocenters. The highest BCUT2D eigenvalue weighted by Crippen LogP contribution is 2.45. The summed E-state index contributed by atoms with van der Waals surface area (Å²) < 4.78 is 85.5. The van der Waals surface area contributed by atoms with E-state index in [0.29, 0.717) is 5.92 Å². The Bertz CT molecular complexity index is 387. The Kier molecular flexibility index (Phi) is 5.23. The van der Waals surface area contributed by atoms with E-state index in [9.17, 15) is 35.5 Å². The summed E-state index contributed by atoms with van der Waals surface area (Å²) in [6.45, 7) is 3.05. The van der Waals surface area contributed by atoms with Gasteiger partial charge in [0.25, 0.3) is 5.91 Å². The Morgan fingerprint density at radius 2 is 1.42 bits per heavy atom. The second-order valence-corrected chi connectivity index (χ2v) is 3.37. The van der Waals surface area contributed by atoms with Crippen molar-refractivity contribution in [2.24, 2.45) is 0 Å². The molecule has 2 nitrogen and oxygen atoms in total. The summed E-state index contributed by atoms with van der Waals surface area (Å²) in [6.07, 6.45) is -6.45. The van der Waals surface area contributed by atoms with E-state index in [1.54, 1.807) is 0 Å². The lowest BCUT2D eigenvalue weighted by Crippen LogP contribution is -2.51. The van der Waals surface area contributed by atoms with Crippen molar-refractivity contribution in [1.29, 1.82) is 0 Å². The number of rotatable bonds is 3. The number of alkyl halides is 7. The van der Waals surface area contributed by atoms with E-state index >= 15 is 0 Å². The van der Waals surface area contributed by atoms with Gasteiger partial charge in [-0.05, 0) is 19.8 Å². The summed E-state index contributed by atoms with van der Waals surface area (Å²) in [6, 6.07) is 0. The molecule has 0 aromatic rings. The first kappa shape index (κ1) is 17.5. The van der Waals surface area contributed by atoms with Gasteiger partial charge in [-0.1, -0.05) is 0 Å². The minimum absolute atomic E-state index is 0.0608. The zero-order valence-electron chi connectivity index (χ0n) is 9.92. The predicted octanol–water partition coefficient (Wildman–Crippen LogP) is 2.69. The number of carbonyl (C=O) groups is 1. The van der Waals surface area contributed by atoms with Crippen molar-refractivity contribution in [3.05, 3.63) is 0 Å². The van der Waals surface area contributed by atoms with Gasteiger partial charge in [0.1, 0.15) is 0 Å². The molecule has 0 radical (unpaired) electrons. The van der Waals surface area contributed by atoms with E-state index in [1.807, 2.05) is 0 Å². The highest BCUT2D eigenvalue weighted by atomic mass is 19.4. The number of amides is 1. The van der Waals surface area contributed by atoms with Crippen molar-refractivity contribution >= 4 is 5.91 Å². The molecular weight excluding hydrogens is 283 g/mol. The highest BCUT2D eigenvalue weighted by Gasteiger charge is 2.72. The number of hydrogen-bond donors (Lipinski definition) is 0. The second kappa shape index (κ2) is 5.67. The van der Waals surface area contributed by atoms with Crippen molar-refractivity contribution in [1.82, 2.24) is 4.90 Å². The van der Waals surface area contributed by atoms with Gasteiger partial charge >= 0.3 is 18.0 Å². The van der Waals surface area contributed by atoms with E-state index in [1.165, 1.54) is 13.8 Å². The molecule has 0 N–H and O–H groups in total. The summed E-state index contributed by atoms with van der Waals surface area (Å²) in [5.41, 5.74) is 0. The van der Waals surface area contributed by atoms with Crippen LogP contribution in [-0.2, 0) is 4.79 Å². The highest BCUT2D eigenvalue weighted by molar-refractivity contribution is 5.93.